The number of rotatable bonds is 6. The molecule has 0 radical (unpaired) electrons. The fraction of sp³-hybridized carbons (Fsp3) is 0.611. The Morgan fingerprint density at radius 1 is 1.35 bits per heavy atom. The van der Waals surface area contributed by atoms with Crippen molar-refractivity contribution in [2.75, 3.05) is 25.0 Å². The first-order valence-electron chi connectivity index (χ1n) is 8.63. The van der Waals surface area contributed by atoms with Crippen molar-refractivity contribution in [1.82, 2.24) is 10.2 Å². The Labute approximate surface area is 145 Å². The minimum absolute atomic E-state index is 0.491. The number of ether oxygens (including phenoxy) is 1. The molecular weight excluding hydrogens is 306 g/mol. The lowest BCUT2D eigenvalue weighted by molar-refractivity contribution is 0.116. The van der Waals surface area contributed by atoms with Crippen LogP contribution < -0.4 is 15.4 Å². The lowest BCUT2D eigenvalue weighted by atomic mass is 10.0. The Hall–Kier alpha value is -1.33. The summed E-state index contributed by atoms with van der Waals surface area (Å²) < 4.78 is 5.44. The van der Waals surface area contributed by atoms with Crippen molar-refractivity contribution in [2.24, 2.45) is 0 Å². The lowest BCUT2D eigenvalue weighted by Gasteiger charge is -2.38. The second kappa shape index (κ2) is 9.08. The molecule has 1 saturated heterocycles. The zero-order valence-electron chi connectivity index (χ0n) is 14.5. The van der Waals surface area contributed by atoms with Gasteiger partial charge in [0.2, 0.25) is 0 Å². The first kappa shape index (κ1) is 18.0. The lowest BCUT2D eigenvalue weighted by Crippen LogP contribution is -2.48. The van der Waals surface area contributed by atoms with Crippen molar-refractivity contribution in [2.45, 2.75) is 52.1 Å². The van der Waals surface area contributed by atoms with E-state index in [1.165, 1.54) is 25.8 Å². The van der Waals surface area contributed by atoms with Gasteiger partial charge < -0.3 is 15.4 Å². The number of hydrogen-bond acceptors (Lipinski definition) is 3. The van der Waals surface area contributed by atoms with Gasteiger partial charge in [-0.25, -0.2) is 0 Å². The molecule has 5 heteroatoms. The summed E-state index contributed by atoms with van der Waals surface area (Å²) in [5.41, 5.74) is 0.977. The van der Waals surface area contributed by atoms with Crippen molar-refractivity contribution in [1.29, 1.82) is 0 Å². The summed E-state index contributed by atoms with van der Waals surface area (Å²) in [7, 11) is 0. The molecule has 1 aliphatic heterocycles. The van der Waals surface area contributed by atoms with Crippen molar-refractivity contribution in [3.8, 4) is 5.75 Å². The molecular formula is C18H29N3OS. The van der Waals surface area contributed by atoms with Gasteiger partial charge in [-0.1, -0.05) is 6.42 Å². The Morgan fingerprint density at radius 3 is 2.74 bits per heavy atom. The zero-order valence-corrected chi connectivity index (χ0v) is 15.3. The molecule has 0 spiro atoms. The van der Waals surface area contributed by atoms with E-state index in [0.29, 0.717) is 23.8 Å². The van der Waals surface area contributed by atoms with Crippen molar-refractivity contribution < 1.29 is 4.74 Å². The van der Waals surface area contributed by atoms with Crippen LogP contribution in [0.3, 0.4) is 0 Å². The first-order chi connectivity index (χ1) is 11.1. The fourth-order valence-electron chi connectivity index (χ4n) is 3.11. The maximum atomic E-state index is 5.44. The minimum Gasteiger partial charge on any atom is -0.494 e. The SMILES string of the molecule is CCOc1ccc(NC(=S)NCC(C)N2CCCCC2C)cc1. The van der Waals surface area contributed by atoms with E-state index in [2.05, 4.69) is 29.4 Å². The van der Waals surface area contributed by atoms with Gasteiger partial charge in [0.1, 0.15) is 5.75 Å². The van der Waals surface area contributed by atoms with E-state index in [1.807, 2.05) is 31.2 Å². The van der Waals surface area contributed by atoms with Crippen LogP contribution in [0.1, 0.15) is 40.0 Å². The van der Waals surface area contributed by atoms with Crippen molar-refractivity contribution in [3.63, 3.8) is 0 Å². The van der Waals surface area contributed by atoms with Gasteiger partial charge in [0.05, 0.1) is 6.61 Å². The predicted octanol–water partition coefficient (Wildman–Crippen LogP) is 3.63. The van der Waals surface area contributed by atoms with Gasteiger partial charge in [-0.3, -0.25) is 4.90 Å². The molecule has 2 unspecified atom stereocenters. The normalized spacial score (nSPS) is 19.9. The number of anilines is 1. The van der Waals surface area contributed by atoms with Gasteiger partial charge >= 0.3 is 0 Å². The number of nitrogens with zero attached hydrogens (tertiary/aromatic N) is 1. The Morgan fingerprint density at radius 2 is 2.09 bits per heavy atom. The van der Waals surface area contributed by atoms with Crippen LogP contribution in [0.25, 0.3) is 0 Å². The third kappa shape index (κ3) is 5.66. The number of piperidine rings is 1. The van der Waals surface area contributed by atoms with Gasteiger partial charge in [0, 0.05) is 24.3 Å². The predicted molar refractivity (Wildman–Crippen MR) is 101 cm³/mol. The Kier molecular flexibility index (Phi) is 7.12. The van der Waals surface area contributed by atoms with E-state index in [1.54, 1.807) is 0 Å². The molecule has 2 rings (SSSR count). The topological polar surface area (TPSA) is 36.5 Å². The van der Waals surface area contributed by atoms with Crippen LogP contribution in [0.15, 0.2) is 24.3 Å². The summed E-state index contributed by atoms with van der Waals surface area (Å²) in [6.45, 7) is 9.33. The first-order valence-corrected chi connectivity index (χ1v) is 9.04. The molecule has 1 aromatic carbocycles. The number of thiocarbonyl (C=S) groups is 1. The summed E-state index contributed by atoms with van der Waals surface area (Å²) in [5.74, 6) is 0.879. The van der Waals surface area contributed by atoms with Gasteiger partial charge in [-0.15, -0.1) is 0 Å². The molecule has 1 heterocycles. The second-order valence-electron chi connectivity index (χ2n) is 6.22. The molecule has 1 aliphatic rings. The highest BCUT2D eigenvalue weighted by Crippen LogP contribution is 2.19. The van der Waals surface area contributed by atoms with Gasteiger partial charge in [-0.2, -0.15) is 0 Å². The van der Waals surface area contributed by atoms with Crippen LogP contribution in [0.4, 0.5) is 5.69 Å². The quantitative estimate of drug-likeness (QED) is 0.776. The Bertz CT molecular complexity index is 492. The second-order valence-corrected chi connectivity index (χ2v) is 6.63. The largest absolute Gasteiger partial charge is 0.494 e. The summed E-state index contributed by atoms with van der Waals surface area (Å²) in [6.07, 6.45) is 3.97. The number of hydrogen-bond donors (Lipinski definition) is 2. The highest BCUT2D eigenvalue weighted by atomic mass is 32.1. The van der Waals surface area contributed by atoms with E-state index in [0.717, 1.165) is 18.0 Å². The van der Waals surface area contributed by atoms with Crippen LogP contribution in [-0.4, -0.2) is 41.8 Å². The molecule has 128 valence electrons. The number of likely N-dealkylation sites (tertiary alicyclic amines) is 1. The number of benzene rings is 1. The third-order valence-electron chi connectivity index (χ3n) is 4.40. The van der Waals surface area contributed by atoms with Crippen LogP contribution >= 0.6 is 12.2 Å². The van der Waals surface area contributed by atoms with E-state index < -0.39 is 0 Å². The molecule has 1 aromatic rings. The standard InChI is InChI=1S/C18H29N3OS/c1-4-22-17-10-8-16(9-11-17)20-18(23)19-13-15(3)21-12-6-5-7-14(21)2/h8-11,14-15H,4-7,12-13H2,1-3H3,(H2,19,20,23). The molecule has 2 N–H and O–H groups in total. The van der Waals surface area contributed by atoms with Crippen LogP contribution in [0.2, 0.25) is 0 Å². The molecule has 0 aromatic heterocycles. The molecule has 1 fully saturated rings. The van der Waals surface area contributed by atoms with E-state index in [4.69, 9.17) is 17.0 Å². The zero-order chi connectivity index (χ0) is 16.7. The smallest absolute Gasteiger partial charge is 0.170 e. The fourth-order valence-corrected chi connectivity index (χ4v) is 3.31. The monoisotopic (exact) mass is 335 g/mol. The molecule has 0 amide bonds. The maximum Gasteiger partial charge on any atom is 0.170 e. The van der Waals surface area contributed by atoms with Crippen LogP contribution in [0, 0.1) is 0 Å². The van der Waals surface area contributed by atoms with E-state index >= 15 is 0 Å². The number of nitrogens with one attached hydrogen (secondary N) is 2. The molecule has 0 bridgehead atoms. The Balaban J connectivity index is 1.75. The maximum absolute atomic E-state index is 5.44. The highest BCUT2D eigenvalue weighted by molar-refractivity contribution is 7.80. The molecule has 23 heavy (non-hydrogen) atoms. The minimum atomic E-state index is 0.491. The van der Waals surface area contributed by atoms with Gasteiger partial charge in [0.15, 0.2) is 5.11 Å². The summed E-state index contributed by atoms with van der Waals surface area (Å²) in [5, 5.41) is 7.23. The third-order valence-corrected chi connectivity index (χ3v) is 4.65. The van der Waals surface area contributed by atoms with Crippen molar-refractivity contribution in [3.05, 3.63) is 24.3 Å². The average Bonchev–Trinajstić information content (AvgIpc) is 2.55. The molecule has 4 nitrogen and oxygen atoms in total. The summed E-state index contributed by atoms with van der Waals surface area (Å²) in [4.78, 5) is 2.58. The highest BCUT2D eigenvalue weighted by Gasteiger charge is 2.22. The average molecular weight is 336 g/mol. The summed E-state index contributed by atoms with van der Waals surface area (Å²) >= 11 is 5.40. The van der Waals surface area contributed by atoms with Gasteiger partial charge in [-0.05, 0) is 76.6 Å². The van der Waals surface area contributed by atoms with E-state index in [9.17, 15) is 0 Å². The molecule has 0 saturated carbocycles. The van der Waals surface area contributed by atoms with Crippen LogP contribution in [-0.2, 0) is 0 Å². The van der Waals surface area contributed by atoms with E-state index in [-0.39, 0.29) is 0 Å². The summed E-state index contributed by atoms with van der Waals surface area (Å²) in [6, 6.07) is 9.03. The van der Waals surface area contributed by atoms with Crippen molar-refractivity contribution >= 4 is 23.0 Å². The molecule has 0 aliphatic carbocycles. The molecule has 2 atom stereocenters. The van der Waals surface area contributed by atoms with Gasteiger partial charge in [0.25, 0.3) is 0 Å². The van der Waals surface area contributed by atoms with Crippen LogP contribution in [0.5, 0.6) is 5.75 Å².